The average molecular weight is 242 g/mol. The van der Waals surface area contributed by atoms with Crippen LogP contribution < -0.4 is 5.56 Å². The second-order valence-electron chi connectivity index (χ2n) is 4.91. The van der Waals surface area contributed by atoms with E-state index in [1.807, 2.05) is 24.3 Å². The van der Waals surface area contributed by atoms with E-state index in [0.717, 1.165) is 18.5 Å². The number of carbonyl (C=O) groups excluding carboxylic acids is 1. The molecule has 2 aromatic rings. The predicted molar refractivity (Wildman–Crippen MR) is 69.6 cm³/mol. The molecular formula is C14H14N2O2. The van der Waals surface area contributed by atoms with Gasteiger partial charge in [0.15, 0.2) is 0 Å². The largest absolute Gasteiger partial charge is 0.338 e. The van der Waals surface area contributed by atoms with Crippen LogP contribution in [0.5, 0.6) is 0 Å². The molecule has 4 nitrogen and oxygen atoms in total. The van der Waals surface area contributed by atoms with Crippen LogP contribution in [0.2, 0.25) is 0 Å². The van der Waals surface area contributed by atoms with Crippen molar-refractivity contribution in [3.8, 4) is 0 Å². The van der Waals surface area contributed by atoms with Crippen LogP contribution in [0.1, 0.15) is 17.3 Å². The standard InChI is InChI=1S/C14H14N2O2/c1-9-7-16(8-9)14(18)11-6-13(17)15-12-5-3-2-4-10(11)12/h2-6,9H,7-8H2,1H3,(H,15,17). The van der Waals surface area contributed by atoms with Crippen LogP contribution >= 0.6 is 0 Å². The summed E-state index contributed by atoms with van der Waals surface area (Å²) >= 11 is 0. The third kappa shape index (κ3) is 1.70. The Morgan fingerprint density at radius 2 is 2.06 bits per heavy atom. The van der Waals surface area contributed by atoms with E-state index in [4.69, 9.17) is 0 Å². The quantitative estimate of drug-likeness (QED) is 0.826. The Balaban J connectivity index is 2.10. The van der Waals surface area contributed by atoms with Crippen LogP contribution in [0.4, 0.5) is 0 Å². The number of likely N-dealkylation sites (tertiary alicyclic amines) is 1. The van der Waals surface area contributed by atoms with Gasteiger partial charge in [0, 0.05) is 30.1 Å². The minimum Gasteiger partial charge on any atom is -0.338 e. The average Bonchev–Trinajstić information content (AvgIpc) is 2.33. The lowest BCUT2D eigenvalue weighted by atomic mass is 10.00. The van der Waals surface area contributed by atoms with Gasteiger partial charge in [-0.1, -0.05) is 25.1 Å². The van der Waals surface area contributed by atoms with Gasteiger partial charge in [-0.25, -0.2) is 0 Å². The molecule has 1 saturated heterocycles. The molecule has 1 N–H and O–H groups in total. The molecule has 1 fully saturated rings. The Bertz CT molecular complexity index is 669. The molecule has 0 aliphatic carbocycles. The van der Waals surface area contributed by atoms with Gasteiger partial charge < -0.3 is 9.88 Å². The van der Waals surface area contributed by atoms with Crippen molar-refractivity contribution in [3.63, 3.8) is 0 Å². The number of nitrogens with zero attached hydrogens (tertiary/aromatic N) is 1. The summed E-state index contributed by atoms with van der Waals surface area (Å²) in [6, 6.07) is 8.79. The molecule has 1 amide bonds. The summed E-state index contributed by atoms with van der Waals surface area (Å²) in [6.07, 6.45) is 0. The van der Waals surface area contributed by atoms with Gasteiger partial charge in [-0.15, -0.1) is 0 Å². The number of benzene rings is 1. The Kier molecular flexibility index (Phi) is 2.44. The molecule has 1 aliphatic rings. The Labute approximate surface area is 104 Å². The first-order valence-corrected chi connectivity index (χ1v) is 6.06. The van der Waals surface area contributed by atoms with E-state index < -0.39 is 0 Å². The first-order chi connectivity index (χ1) is 8.65. The number of nitrogens with one attached hydrogen (secondary N) is 1. The lowest BCUT2D eigenvalue weighted by molar-refractivity contribution is 0.0532. The van der Waals surface area contributed by atoms with Crippen LogP contribution in [0.15, 0.2) is 35.1 Å². The summed E-state index contributed by atoms with van der Waals surface area (Å²) in [7, 11) is 0. The minimum absolute atomic E-state index is 0.0459. The number of amides is 1. The predicted octanol–water partition coefficient (Wildman–Crippen LogP) is 1.62. The summed E-state index contributed by atoms with van der Waals surface area (Å²) in [5, 5.41) is 0.807. The lowest BCUT2D eigenvalue weighted by Gasteiger charge is -2.37. The maximum atomic E-state index is 12.3. The molecule has 1 aromatic carbocycles. The van der Waals surface area contributed by atoms with E-state index >= 15 is 0 Å². The normalized spacial score (nSPS) is 15.7. The van der Waals surface area contributed by atoms with Crippen molar-refractivity contribution in [3.05, 3.63) is 46.2 Å². The van der Waals surface area contributed by atoms with Crippen LogP contribution in [-0.2, 0) is 0 Å². The second-order valence-corrected chi connectivity index (χ2v) is 4.91. The van der Waals surface area contributed by atoms with E-state index in [0.29, 0.717) is 17.0 Å². The summed E-state index contributed by atoms with van der Waals surface area (Å²) in [6.45, 7) is 3.67. The van der Waals surface area contributed by atoms with Crippen molar-refractivity contribution in [2.75, 3.05) is 13.1 Å². The lowest BCUT2D eigenvalue weighted by Crippen LogP contribution is -2.48. The molecule has 0 bridgehead atoms. The van der Waals surface area contributed by atoms with E-state index in [1.54, 1.807) is 4.90 Å². The number of fused-ring (bicyclic) bond motifs is 1. The SMILES string of the molecule is CC1CN(C(=O)c2cc(=O)[nH]c3ccccc23)C1. The highest BCUT2D eigenvalue weighted by Crippen LogP contribution is 2.21. The first-order valence-electron chi connectivity index (χ1n) is 6.06. The number of hydrogen-bond donors (Lipinski definition) is 1. The van der Waals surface area contributed by atoms with E-state index in [9.17, 15) is 9.59 Å². The zero-order valence-electron chi connectivity index (χ0n) is 10.1. The monoisotopic (exact) mass is 242 g/mol. The number of hydrogen-bond acceptors (Lipinski definition) is 2. The summed E-state index contributed by atoms with van der Waals surface area (Å²) in [5.41, 5.74) is 0.980. The van der Waals surface area contributed by atoms with Gasteiger partial charge in [0.1, 0.15) is 0 Å². The number of rotatable bonds is 1. The molecule has 1 aliphatic heterocycles. The summed E-state index contributed by atoms with van der Waals surface area (Å²) in [4.78, 5) is 28.4. The fraction of sp³-hybridized carbons (Fsp3) is 0.286. The maximum Gasteiger partial charge on any atom is 0.254 e. The molecule has 18 heavy (non-hydrogen) atoms. The van der Waals surface area contributed by atoms with Crippen molar-refractivity contribution in [1.82, 2.24) is 9.88 Å². The minimum atomic E-state index is -0.231. The zero-order chi connectivity index (χ0) is 12.7. The van der Waals surface area contributed by atoms with Gasteiger partial charge in [-0.3, -0.25) is 9.59 Å². The van der Waals surface area contributed by atoms with Crippen LogP contribution in [0, 0.1) is 5.92 Å². The van der Waals surface area contributed by atoms with Gasteiger partial charge in [0.2, 0.25) is 5.56 Å². The van der Waals surface area contributed by atoms with Crippen LogP contribution in [0.25, 0.3) is 10.9 Å². The molecule has 0 unspecified atom stereocenters. The number of para-hydroxylation sites is 1. The maximum absolute atomic E-state index is 12.3. The highest BCUT2D eigenvalue weighted by Gasteiger charge is 2.28. The molecule has 0 saturated carbocycles. The summed E-state index contributed by atoms with van der Waals surface area (Å²) < 4.78 is 0. The molecule has 2 heterocycles. The van der Waals surface area contributed by atoms with Crippen molar-refractivity contribution < 1.29 is 4.79 Å². The second kappa shape index (κ2) is 3.98. The Morgan fingerprint density at radius 1 is 1.33 bits per heavy atom. The zero-order valence-corrected chi connectivity index (χ0v) is 10.1. The number of H-pyrrole nitrogens is 1. The van der Waals surface area contributed by atoms with Crippen molar-refractivity contribution >= 4 is 16.8 Å². The van der Waals surface area contributed by atoms with Crippen molar-refractivity contribution in [2.45, 2.75) is 6.92 Å². The van der Waals surface area contributed by atoms with Gasteiger partial charge in [0.25, 0.3) is 5.91 Å². The van der Waals surface area contributed by atoms with E-state index in [1.165, 1.54) is 6.07 Å². The highest BCUT2D eigenvalue weighted by atomic mass is 16.2. The van der Waals surface area contributed by atoms with Gasteiger partial charge in [-0.05, 0) is 12.0 Å². The fourth-order valence-corrected chi connectivity index (χ4v) is 2.42. The first kappa shape index (κ1) is 11.0. The number of aromatic amines is 1. The number of aromatic nitrogens is 1. The molecule has 0 spiro atoms. The van der Waals surface area contributed by atoms with Crippen LogP contribution in [0.3, 0.4) is 0 Å². The molecule has 4 heteroatoms. The van der Waals surface area contributed by atoms with Crippen LogP contribution in [-0.4, -0.2) is 28.9 Å². The topological polar surface area (TPSA) is 53.2 Å². The molecule has 92 valence electrons. The number of pyridine rings is 1. The highest BCUT2D eigenvalue weighted by molar-refractivity contribution is 6.06. The molecule has 1 aromatic heterocycles. The van der Waals surface area contributed by atoms with Crippen molar-refractivity contribution in [2.24, 2.45) is 5.92 Å². The van der Waals surface area contributed by atoms with E-state index in [-0.39, 0.29) is 11.5 Å². The molecular weight excluding hydrogens is 228 g/mol. The van der Waals surface area contributed by atoms with Crippen molar-refractivity contribution in [1.29, 1.82) is 0 Å². The van der Waals surface area contributed by atoms with Gasteiger partial charge in [0.05, 0.1) is 5.56 Å². The van der Waals surface area contributed by atoms with E-state index in [2.05, 4.69) is 11.9 Å². The third-order valence-corrected chi connectivity index (χ3v) is 3.33. The molecule has 0 atom stereocenters. The third-order valence-electron chi connectivity index (χ3n) is 3.33. The Morgan fingerprint density at radius 3 is 2.78 bits per heavy atom. The molecule has 3 rings (SSSR count). The Hall–Kier alpha value is -2.10. The molecule has 0 radical (unpaired) electrons. The fourth-order valence-electron chi connectivity index (χ4n) is 2.42. The van der Waals surface area contributed by atoms with Gasteiger partial charge in [-0.2, -0.15) is 0 Å². The summed E-state index contributed by atoms with van der Waals surface area (Å²) in [5.74, 6) is 0.512. The smallest absolute Gasteiger partial charge is 0.254 e. The number of carbonyl (C=O) groups is 1. The van der Waals surface area contributed by atoms with Gasteiger partial charge >= 0.3 is 0 Å².